The smallest absolute Gasteiger partial charge is 0.305 e. The third-order valence-electron chi connectivity index (χ3n) is 4.61. The first kappa shape index (κ1) is 17.1. The third-order valence-corrected chi connectivity index (χ3v) is 5.80. The van der Waals surface area contributed by atoms with Crippen LogP contribution in [0.15, 0.2) is 4.79 Å². The summed E-state index contributed by atoms with van der Waals surface area (Å²) in [5.41, 5.74) is 1.28. The van der Waals surface area contributed by atoms with Gasteiger partial charge >= 0.3 is 5.97 Å². The number of carbonyl (C=O) groups is 1. The third kappa shape index (κ3) is 3.11. The normalized spacial score (nSPS) is 14.2. The summed E-state index contributed by atoms with van der Waals surface area (Å²) in [4.78, 5) is 31.5. The topological polar surface area (TPSA) is 61.2 Å². The van der Waals surface area contributed by atoms with E-state index in [0.717, 1.165) is 35.3 Å². The molecule has 0 atom stereocenters. The number of carbonyl (C=O) groups excluding carboxylic acids is 1. The minimum absolute atomic E-state index is 0.0629. The summed E-state index contributed by atoms with van der Waals surface area (Å²) in [5, 5.41) is 0.817. The lowest BCUT2D eigenvalue weighted by atomic mass is 9.97. The molecule has 2 aromatic heterocycles. The number of aryl methyl sites for hydroxylation is 2. The zero-order valence-corrected chi connectivity index (χ0v) is 15.4. The van der Waals surface area contributed by atoms with E-state index in [1.54, 1.807) is 15.9 Å². The molecule has 0 bridgehead atoms. The van der Waals surface area contributed by atoms with Crippen molar-refractivity contribution in [1.29, 1.82) is 0 Å². The molecule has 0 fully saturated rings. The molecule has 2 aromatic rings. The maximum absolute atomic E-state index is 13.1. The van der Waals surface area contributed by atoms with Crippen LogP contribution < -0.4 is 5.56 Å². The maximum atomic E-state index is 13.1. The Morgan fingerprint density at radius 1 is 1.33 bits per heavy atom. The van der Waals surface area contributed by atoms with Crippen molar-refractivity contribution in [2.45, 2.75) is 64.8 Å². The van der Waals surface area contributed by atoms with Crippen LogP contribution in [0.2, 0.25) is 0 Å². The summed E-state index contributed by atoms with van der Waals surface area (Å²) in [6.45, 7) is 4.62. The molecule has 5 nitrogen and oxygen atoms in total. The molecule has 0 amide bonds. The zero-order valence-electron chi connectivity index (χ0n) is 14.6. The van der Waals surface area contributed by atoms with Gasteiger partial charge in [-0.05, 0) is 37.7 Å². The summed E-state index contributed by atoms with van der Waals surface area (Å²) >= 11 is 1.69. The number of nitrogens with zero attached hydrogens (tertiary/aromatic N) is 2. The Balaban J connectivity index is 2.05. The van der Waals surface area contributed by atoms with Crippen molar-refractivity contribution in [2.24, 2.45) is 0 Å². The predicted molar refractivity (Wildman–Crippen MR) is 95.9 cm³/mol. The number of aromatic nitrogens is 2. The van der Waals surface area contributed by atoms with Crippen LogP contribution in [0.3, 0.4) is 0 Å². The molecule has 0 spiro atoms. The van der Waals surface area contributed by atoms with Crippen molar-refractivity contribution in [3.8, 4) is 0 Å². The van der Waals surface area contributed by atoms with Crippen molar-refractivity contribution in [1.82, 2.24) is 9.55 Å². The largest absolute Gasteiger partial charge is 0.469 e. The summed E-state index contributed by atoms with van der Waals surface area (Å²) in [6, 6.07) is 0. The van der Waals surface area contributed by atoms with Crippen LogP contribution in [-0.2, 0) is 28.9 Å². The van der Waals surface area contributed by atoms with Crippen LogP contribution in [0.5, 0.6) is 0 Å². The Morgan fingerprint density at radius 2 is 2.08 bits per heavy atom. The van der Waals surface area contributed by atoms with E-state index in [9.17, 15) is 9.59 Å². The van der Waals surface area contributed by atoms with Gasteiger partial charge < -0.3 is 4.74 Å². The average molecular weight is 348 g/mol. The Kier molecular flexibility index (Phi) is 5.04. The van der Waals surface area contributed by atoms with Crippen LogP contribution in [0.1, 0.15) is 61.7 Å². The number of rotatable bonds is 5. The highest BCUT2D eigenvalue weighted by Crippen LogP contribution is 2.34. The Hall–Kier alpha value is -1.69. The van der Waals surface area contributed by atoms with E-state index < -0.39 is 0 Å². The molecule has 6 heteroatoms. The van der Waals surface area contributed by atoms with Gasteiger partial charge in [0.05, 0.1) is 12.5 Å². The summed E-state index contributed by atoms with van der Waals surface area (Å²) in [6.07, 6.45) is 5.30. The van der Waals surface area contributed by atoms with Crippen LogP contribution >= 0.6 is 11.3 Å². The molecule has 0 radical (unpaired) electrons. The Labute approximate surface area is 145 Å². The molecular formula is C18H24N2O3S. The van der Waals surface area contributed by atoms with E-state index in [-0.39, 0.29) is 17.4 Å². The van der Waals surface area contributed by atoms with E-state index in [1.807, 2.05) is 0 Å². The van der Waals surface area contributed by atoms with Crippen LogP contribution in [-0.4, -0.2) is 22.6 Å². The van der Waals surface area contributed by atoms with Crippen molar-refractivity contribution in [3.05, 3.63) is 26.6 Å². The number of ether oxygens (including phenoxy) is 1. The molecule has 3 rings (SSSR count). The fourth-order valence-corrected chi connectivity index (χ4v) is 4.65. The van der Waals surface area contributed by atoms with Gasteiger partial charge in [-0.15, -0.1) is 11.3 Å². The van der Waals surface area contributed by atoms with E-state index >= 15 is 0 Å². The molecule has 0 saturated heterocycles. The van der Waals surface area contributed by atoms with Gasteiger partial charge in [0.25, 0.3) is 5.56 Å². The minimum Gasteiger partial charge on any atom is -0.469 e. The van der Waals surface area contributed by atoms with Crippen LogP contribution in [0, 0.1) is 0 Å². The second-order valence-electron chi connectivity index (χ2n) is 6.65. The first-order chi connectivity index (χ1) is 11.5. The van der Waals surface area contributed by atoms with Gasteiger partial charge in [-0.1, -0.05) is 13.8 Å². The van der Waals surface area contributed by atoms with Crippen LogP contribution in [0.25, 0.3) is 10.2 Å². The van der Waals surface area contributed by atoms with Crippen molar-refractivity contribution >= 4 is 27.5 Å². The molecule has 2 heterocycles. The van der Waals surface area contributed by atoms with Crippen LogP contribution in [0.4, 0.5) is 0 Å². The number of esters is 1. The molecule has 1 aliphatic rings. The number of methoxy groups -OCH3 is 1. The molecular weight excluding hydrogens is 324 g/mol. The lowest BCUT2D eigenvalue weighted by Gasteiger charge is -2.15. The number of fused-ring (bicyclic) bond motifs is 3. The van der Waals surface area contributed by atoms with Gasteiger partial charge in [0, 0.05) is 23.8 Å². The number of hydrogen-bond donors (Lipinski definition) is 0. The average Bonchev–Trinajstić information content (AvgIpc) is 2.94. The minimum atomic E-state index is -0.240. The standard InChI is InChI=1S/C18H24N2O3S/c1-11(2)16-19-17-15(12-7-4-5-8-13(12)24-17)18(22)20(16)10-6-9-14(21)23-3/h11H,4-10H2,1-3H3. The van der Waals surface area contributed by atoms with Gasteiger partial charge in [-0.25, -0.2) is 4.98 Å². The monoisotopic (exact) mass is 348 g/mol. The van der Waals surface area contributed by atoms with Gasteiger partial charge in [0.2, 0.25) is 0 Å². The second-order valence-corrected chi connectivity index (χ2v) is 7.74. The number of thiophene rings is 1. The molecule has 0 saturated carbocycles. The highest BCUT2D eigenvalue weighted by Gasteiger charge is 2.22. The molecule has 0 N–H and O–H groups in total. The summed E-state index contributed by atoms with van der Waals surface area (Å²) in [5.74, 6) is 0.742. The fourth-order valence-electron chi connectivity index (χ4n) is 3.39. The van der Waals surface area contributed by atoms with Crippen molar-refractivity contribution in [3.63, 3.8) is 0 Å². The van der Waals surface area contributed by atoms with E-state index in [0.29, 0.717) is 19.4 Å². The zero-order chi connectivity index (χ0) is 17.3. The first-order valence-electron chi connectivity index (χ1n) is 8.64. The summed E-state index contributed by atoms with van der Waals surface area (Å²) in [7, 11) is 1.39. The molecule has 130 valence electrons. The molecule has 0 aliphatic heterocycles. The van der Waals surface area contributed by atoms with E-state index in [2.05, 4.69) is 18.6 Å². The Morgan fingerprint density at radius 3 is 2.79 bits per heavy atom. The van der Waals surface area contributed by atoms with Gasteiger partial charge in [-0.2, -0.15) is 0 Å². The lowest BCUT2D eigenvalue weighted by molar-refractivity contribution is -0.140. The number of hydrogen-bond acceptors (Lipinski definition) is 5. The van der Waals surface area contributed by atoms with Crippen molar-refractivity contribution < 1.29 is 9.53 Å². The van der Waals surface area contributed by atoms with Gasteiger partial charge in [0.1, 0.15) is 10.7 Å². The highest BCUT2D eigenvalue weighted by atomic mass is 32.1. The fraction of sp³-hybridized carbons (Fsp3) is 0.611. The summed E-state index contributed by atoms with van der Waals surface area (Å²) < 4.78 is 6.46. The quantitative estimate of drug-likeness (QED) is 0.777. The lowest BCUT2D eigenvalue weighted by Crippen LogP contribution is -2.27. The molecule has 24 heavy (non-hydrogen) atoms. The molecule has 0 aromatic carbocycles. The van der Waals surface area contributed by atoms with E-state index in [1.165, 1.54) is 24.0 Å². The Bertz CT molecular complexity index is 820. The molecule has 0 unspecified atom stereocenters. The SMILES string of the molecule is COC(=O)CCCn1c(C(C)C)nc2sc3c(c2c1=O)CCCC3. The van der Waals surface area contributed by atoms with Gasteiger partial charge in [-0.3, -0.25) is 14.2 Å². The van der Waals surface area contributed by atoms with Crippen molar-refractivity contribution in [2.75, 3.05) is 7.11 Å². The molecule has 1 aliphatic carbocycles. The maximum Gasteiger partial charge on any atom is 0.305 e. The second kappa shape index (κ2) is 7.05. The van der Waals surface area contributed by atoms with Gasteiger partial charge in [0.15, 0.2) is 0 Å². The first-order valence-corrected chi connectivity index (χ1v) is 9.46. The highest BCUT2D eigenvalue weighted by molar-refractivity contribution is 7.18. The van der Waals surface area contributed by atoms with E-state index in [4.69, 9.17) is 4.98 Å². The predicted octanol–water partition coefficient (Wildman–Crippen LogP) is 3.41.